The number of nitrogens with one attached hydrogen (secondary N) is 1. The zero-order valence-electron chi connectivity index (χ0n) is 12.5. The lowest BCUT2D eigenvalue weighted by molar-refractivity contribution is 0.528. The predicted octanol–water partition coefficient (Wildman–Crippen LogP) is 3.45. The van der Waals surface area contributed by atoms with Crippen LogP contribution in [0.15, 0.2) is 22.7 Å². The van der Waals surface area contributed by atoms with Crippen LogP contribution in [0.2, 0.25) is 5.02 Å². The summed E-state index contributed by atoms with van der Waals surface area (Å²) in [6.07, 6.45) is 1.63. The number of halogens is 2. The maximum absolute atomic E-state index is 6.15. The molecule has 0 saturated heterocycles. The Morgan fingerprint density at radius 2 is 2.14 bits per heavy atom. The van der Waals surface area contributed by atoms with Crippen molar-refractivity contribution in [1.82, 2.24) is 15.2 Å². The number of nitrogens with two attached hydrogens (primary N) is 1. The summed E-state index contributed by atoms with van der Waals surface area (Å²) in [6.45, 7) is 4.12. The van der Waals surface area contributed by atoms with Gasteiger partial charge in [0.25, 0.3) is 0 Å². The normalized spacial score (nSPS) is 12.7. The smallest absolute Gasteiger partial charge is 0.0766 e. The molecule has 0 radical (unpaired) electrons. The Kier molecular flexibility index (Phi) is 5.43. The van der Waals surface area contributed by atoms with Gasteiger partial charge in [0.1, 0.15) is 0 Å². The summed E-state index contributed by atoms with van der Waals surface area (Å²) in [5.41, 5.74) is 7.26. The first kappa shape index (κ1) is 16.5. The topological polar surface area (TPSA) is 55.9 Å². The molecular formula is C15H20BrClN4. The van der Waals surface area contributed by atoms with Crippen LogP contribution >= 0.6 is 27.5 Å². The molecule has 1 aromatic carbocycles. The Hall–Kier alpha value is -0.880. The Bertz CT molecular complexity index is 619. The summed E-state index contributed by atoms with van der Waals surface area (Å²) in [7, 11) is 1.95. The predicted molar refractivity (Wildman–Crippen MR) is 90.2 cm³/mol. The lowest BCUT2D eigenvalue weighted by Crippen LogP contribution is -2.30. The summed E-state index contributed by atoms with van der Waals surface area (Å²) in [5, 5.41) is 5.25. The molecule has 114 valence electrons. The minimum Gasteiger partial charge on any atom is -0.271 e. The van der Waals surface area contributed by atoms with Crippen molar-refractivity contribution < 1.29 is 0 Å². The minimum absolute atomic E-state index is 0.0150. The van der Waals surface area contributed by atoms with Gasteiger partial charge in [0.2, 0.25) is 0 Å². The van der Waals surface area contributed by atoms with Gasteiger partial charge in [-0.15, -0.1) is 0 Å². The molecule has 0 bridgehead atoms. The molecule has 1 heterocycles. The number of nitrogens with zero attached hydrogens (tertiary/aromatic N) is 2. The monoisotopic (exact) mass is 370 g/mol. The zero-order valence-corrected chi connectivity index (χ0v) is 14.8. The fourth-order valence-corrected chi connectivity index (χ4v) is 3.55. The maximum Gasteiger partial charge on any atom is 0.0766 e. The number of aromatic nitrogens is 2. The van der Waals surface area contributed by atoms with E-state index in [1.807, 2.05) is 30.8 Å². The highest BCUT2D eigenvalue weighted by Crippen LogP contribution is 2.28. The van der Waals surface area contributed by atoms with Crippen molar-refractivity contribution in [2.24, 2.45) is 12.9 Å². The summed E-state index contributed by atoms with van der Waals surface area (Å²) in [5.74, 6) is 5.75. The molecule has 3 N–H and O–H groups in total. The molecule has 0 amide bonds. The van der Waals surface area contributed by atoms with E-state index in [1.54, 1.807) is 0 Å². The lowest BCUT2D eigenvalue weighted by Gasteiger charge is -2.18. The first-order valence-electron chi connectivity index (χ1n) is 6.89. The number of benzene rings is 1. The van der Waals surface area contributed by atoms with E-state index in [0.717, 1.165) is 44.9 Å². The zero-order chi connectivity index (χ0) is 15.6. The molecule has 0 spiro atoms. The van der Waals surface area contributed by atoms with E-state index in [-0.39, 0.29) is 6.04 Å². The van der Waals surface area contributed by atoms with Crippen LogP contribution in [-0.4, -0.2) is 9.78 Å². The Morgan fingerprint density at radius 1 is 1.43 bits per heavy atom. The molecule has 1 aromatic heterocycles. The van der Waals surface area contributed by atoms with Gasteiger partial charge in [-0.1, -0.05) is 24.6 Å². The van der Waals surface area contributed by atoms with Crippen LogP contribution in [0.4, 0.5) is 0 Å². The molecular weight excluding hydrogens is 352 g/mol. The van der Waals surface area contributed by atoms with Gasteiger partial charge in [-0.3, -0.25) is 16.0 Å². The molecule has 21 heavy (non-hydrogen) atoms. The standard InChI is InChI=1S/C15H20BrClN4/c1-4-12-15(16)14(21(3)20-12)8-13(19-18)10-5-9(2)6-11(17)7-10/h5-7,13,19H,4,8,18H2,1-3H3. The first-order chi connectivity index (χ1) is 9.96. The second-order valence-electron chi connectivity index (χ2n) is 5.17. The summed E-state index contributed by atoms with van der Waals surface area (Å²) in [4.78, 5) is 0. The molecule has 2 aromatic rings. The van der Waals surface area contributed by atoms with E-state index in [4.69, 9.17) is 17.4 Å². The third-order valence-corrected chi connectivity index (χ3v) is 4.70. The highest BCUT2D eigenvalue weighted by atomic mass is 79.9. The quantitative estimate of drug-likeness (QED) is 0.625. The number of aryl methyl sites for hydroxylation is 3. The van der Waals surface area contributed by atoms with Crippen LogP contribution in [-0.2, 0) is 19.9 Å². The highest BCUT2D eigenvalue weighted by Gasteiger charge is 2.18. The van der Waals surface area contributed by atoms with Gasteiger partial charge in [-0.25, -0.2) is 0 Å². The van der Waals surface area contributed by atoms with Gasteiger partial charge in [0.05, 0.1) is 21.9 Å². The van der Waals surface area contributed by atoms with Crippen molar-refractivity contribution in [3.05, 3.63) is 50.2 Å². The fourth-order valence-electron chi connectivity index (χ4n) is 2.47. The van der Waals surface area contributed by atoms with Crippen LogP contribution in [0.25, 0.3) is 0 Å². The highest BCUT2D eigenvalue weighted by molar-refractivity contribution is 9.10. The van der Waals surface area contributed by atoms with Crippen LogP contribution in [0, 0.1) is 6.92 Å². The molecule has 1 atom stereocenters. The number of rotatable bonds is 5. The van der Waals surface area contributed by atoms with E-state index in [9.17, 15) is 0 Å². The van der Waals surface area contributed by atoms with Crippen molar-refractivity contribution >= 4 is 27.5 Å². The second kappa shape index (κ2) is 6.92. The van der Waals surface area contributed by atoms with E-state index in [0.29, 0.717) is 0 Å². The van der Waals surface area contributed by atoms with Crippen molar-refractivity contribution in [1.29, 1.82) is 0 Å². The molecule has 2 rings (SSSR count). The van der Waals surface area contributed by atoms with Gasteiger partial charge in [-0.2, -0.15) is 5.10 Å². The van der Waals surface area contributed by atoms with Crippen LogP contribution in [0.3, 0.4) is 0 Å². The summed E-state index contributed by atoms with van der Waals surface area (Å²) < 4.78 is 2.97. The van der Waals surface area contributed by atoms with Crippen LogP contribution in [0.1, 0.15) is 35.5 Å². The summed E-state index contributed by atoms with van der Waals surface area (Å²) in [6, 6.07) is 5.97. The van der Waals surface area contributed by atoms with Gasteiger partial charge in [0, 0.05) is 18.5 Å². The largest absolute Gasteiger partial charge is 0.271 e. The SMILES string of the molecule is CCc1nn(C)c(CC(NN)c2cc(C)cc(Cl)c2)c1Br. The van der Waals surface area contributed by atoms with E-state index in [2.05, 4.69) is 39.4 Å². The molecule has 4 nitrogen and oxygen atoms in total. The van der Waals surface area contributed by atoms with Crippen molar-refractivity contribution in [2.45, 2.75) is 32.7 Å². The molecule has 0 fully saturated rings. The second-order valence-corrected chi connectivity index (χ2v) is 6.40. The number of hydrogen-bond acceptors (Lipinski definition) is 3. The van der Waals surface area contributed by atoms with Gasteiger partial charge in [0.15, 0.2) is 0 Å². The van der Waals surface area contributed by atoms with Crippen molar-refractivity contribution in [2.75, 3.05) is 0 Å². The molecule has 6 heteroatoms. The molecule has 0 aliphatic carbocycles. The molecule has 0 aliphatic rings. The van der Waals surface area contributed by atoms with Gasteiger partial charge >= 0.3 is 0 Å². The van der Waals surface area contributed by atoms with E-state index >= 15 is 0 Å². The fraction of sp³-hybridized carbons (Fsp3) is 0.400. The third kappa shape index (κ3) is 3.66. The molecule has 0 saturated carbocycles. The van der Waals surface area contributed by atoms with Crippen LogP contribution < -0.4 is 11.3 Å². The average molecular weight is 372 g/mol. The summed E-state index contributed by atoms with van der Waals surface area (Å²) >= 11 is 9.79. The Labute approximate surface area is 138 Å². The minimum atomic E-state index is -0.0150. The van der Waals surface area contributed by atoms with Gasteiger partial charge in [-0.05, 0) is 52.5 Å². The van der Waals surface area contributed by atoms with Gasteiger partial charge < -0.3 is 0 Å². The Balaban J connectivity index is 2.33. The number of hydrogen-bond donors (Lipinski definition) is 2. The first-order valence-corrected chi connectivity index (χ1v) is 8.06. The third-order valence-electron chi connectivity index (χ3n) is 3.57. The molecule has 1 unspecified atom stereocenters. The van der Waals surface area contributed by atoms with Crippen molar-refractivity contribution in [3.63, 3.8) is 0 Å². The Morgan fingerprint density at radius 3 is 2.67 bits per heavy atom. The van der Waals surface area contributed by atoms with Crippen LogP contribution in [0.5, 0.6) is 0 Å². The number of hydrazine groups is 1. The van der Waals surface area contributed by atoms with E-state index in [1.165, 1.54) is 0 Å². The van der Waals surface area contributed by atoms with E-state index < -0.39 is 0 Å². The average Bonchev–Trinajstić information content (AvgIpc) is 2.70. The van der Waals surface area contributed by atoms with Crippen molar-refractivity contribution in [3.8, 4) is 0 Å². The maximum atomic E-state index is 6.15. The molecule has 0 aliphatic heterocycles. The lowest BCUT2D eigenvalue weighted by atomic mass is 10.0.